The molecule has 2 aromatic rings. The molecule has 3 rings (SSSR count). The number of hydrogen-bond acceptors (Lipinski definition) is 6. The maximum atomic E-state index is 14.4. The number of ether oxygens (including phenoxy) is 1. The highest BCUT2D eigenvalue weighted by Crippen LogP contribution is 2.37. The van der Waals surface area contributed by atoms with Crippen molar-refractivity contribution in [2.75, 3.05) is 13.2 Å². The second-order valence-corrected chi connectivity index (χ2v) is 6.72. The Balaban J connectivity index is 2.10. The summed E-state index contributed by atoms with van der Waals surface area (Å²) in [5, 5.41) is 3.92. The number of Topliss-reactive ketones (excluding diaryl/α,β-unsaturated/α-hetero) is 1. The molecule has 1 aromatic carbocycles. The van der Waals surface area contributed by atoms with Crippen LogP contribution in [-0.2, 0) is 4.74 Å². The summed E-state index contributed by atoms with van der Waals surface area (Å²) < 4.78 is 25.2. The van der Waals surface area contributed by atoms with Crippen molar-refractivity contribution in [2.45, 2.75) is 18.9 Å². The van der Waals surface area contributed by atoms with Crippen molar-refractivity contribution < 1.29 is 18.4 Å². The molecule has 27 heavy (non-hydrogen) atoms. The summed E-state index contributed by atoms with van der Waals surface area (Å²) in [5.74, 6) is -1.07. The Morgan fingerprint density at radius 3 is 2.93 bits per heavy atom. The molecule has 6 nitrogen and oxygen atoms in total. The normalized spacial score (nSPS) is 19.6. The zero-order valence-electron chi connectivity index (χ0n) is 14.7. The van der Waals surface area contributed by atoms with Gasteiger partial charge in [0.15, 0.2) is 5.60 Å². The molecule has 1 atom stereocenters. The van der Waals surface area contributed by atoms with Crippen LogP contribution in [0.3, 0.4) is 0 Å². The van der Waals surface area contributed by atoms with Crippen LogP contribution in [0.15, 0.2) is 52.4 Å². The highest BCUT2D eigenvalue weighted by molar-refractivity contribution is 6.33. The monoisotopic (exact) mass is 391 g/mol. The number of hydrogen-bond donors (Lipinski definition) is 2. The first-order valence-electron chi connectivity index (χ1n) is 8.31. The van der Waals surface area contributed by atoms with E-state index >= 15 is 0 Å². The first-order valence-corrected chi connectivity index (χ1v) is 8.69. The summed E-state index contributed by atoms with van der Waals surface area (Å²) >= 11 is 6.13. The third-order valence-corrected chi connectivity index (χ3v) is 4.53. The Morgan fingerprint density at radius 1 is 1.48 bits per heavy atom. The van der Waals surface area contributed by atoms with Crippen LogP contribution in [0.5, 0.6) is 0 Å². The molecule has 1 aliphatic carbocycles. The van der Waals surface area contributed by atoms with Crippen molar-refractivity contribution >= 4 is 17.4 Å². The van der Waals surface area contributed by atoms with Gasteiger partial charge >= 0.3 is 0 Å². The van der Waals surface area contributed by atoms with Crippen LogP contribution in [-0.4, -0.2) is 29.7 Å². The maximum absolute atomic E-state index is 14.4. The maximum Gasteiger partial charge on any atom is 0.204 e. The number of carbonyl (C=O) groups excluding carboxylic acids is 1. The molecule has 0 amide bonds. The van der Waals surface area contributed by atoms with E-state index in [9.17, 15) is 9.18 Å². The minimum Gasteiger partial charge on any atom is -0.402 e. The van der Waals surface area contributed by atoms with Crippen LogP contribution in [0.2, 0.25) is 5.02 Å². The van der Waals surface area contributed by atoms with E-state index in [4.69, 9.17) is 32.3 Å². The summed E-state index contributed by atoms with van der Waals surface area (Å²) in [4.78, 5) is 13.4. The van der Waals surface area contributed by atoms with Crippen LogP contribution in [0, 0.1) is 5.82 Å². The fourth-order valence-electron chi connectivity index (χ4n) is 3.18. The van der Waals surface area contributed by atoms with Crippen molar-refractivity contribution in [1.82, 2.24) is 5.16 Å². The fraction of sp³-hybridized carbons (Fsp3) is 0.263. The number of aromatic nitrogens is 1. The smallest absolute Gasteiger partial charge is 0.204 e. The van der Waals surface area contributed by atoms with E-state index in [0.717, 1.165) is 11.8 Å². The first-order chi connectivity index (χ1) is 12.9. The van der Waals surface area contributed by atoms with Gasteiger partial charge in [-0.25, -0.2) is 4.39 Å². The number of benzene rings is 1. The van der Waals surface area contributed by atoms with Crippen LogP contribution in [0.25, 0.3) is 11.3 Å². The van der Waals surface area contributed by atoms with Crippen LogP contribution in [0.1, 0.15) is 23.7 Å². The lowest BCUT2D eigenvalue weighted by molar-refractivity contribution is 0.00405. The fourth-order valence-corrected chi connectivity index (χ4v) is 3.43. The summed E-state index contributed by atoms with van der Waals surface area (Å²) in [6, 6.07) is 4.21. The third kappa shape index (κ3) is 3.66. The summed E-state index contributed by atoms with van der Waals surface area (Å²) in [7, 11) is 0. The van der Waals surface area contributed by atoms with E-state index in [-0.39, 0.29) is 41.4 Å². The zero-order valence-corrected chi connectivity index (χ0v) is 15.4. The van der Waals surface area contributed by atoms with Gasteiger partial charge in [-0.1, -0.05) is 28.4 Å². The van der Waals surface area contributed by atoms with E-state index in [1.54, 1.807) is 12.2 Å². The SMILES string of the molecule is CC1=CC(OCCN)(C(=O)c2conc2-c2c(F)cccc2Cl)CC(N)=C1. The highest BCUT2D eigenvalue weighted by Gasteiger charge is 2.42. The number of allylic oxidation sites excluding steroid dienone is 2. The molecule has 0 saturated carbocycles. The van der Waals surface area contributed by atoms with Crippen molar-refractivity contribution in [2.24, 2.45) is 11.5 Å². The Labute approximate surface area is 160 Å². The largest absolute Gasteiger partial charge is 0.402 e. The molecule has 0 saturated heterocycles. The standard InChI is InChI=1S/C19H19ClFN3O3/c1-11-7-12(23)9-19(8-11,26-6-5-22)18(25)13-10-27-24-17(13)16-14(20)3-2-4-15(16)21/h2-4,7-8,10H,5-6,9,22-23H2,1H3. The molecule has 8 heteroatoms. The molecular formula is C19H19ClFN3O3. The molecule has 142 valence electrons. The molecule has 0 radical (unpaired) electrons. The van der Waals surface area contributed by atoms with Gasteiger partial charge in [0.2, 0.25) is 5.78 Å². The summed E-state index contributed by atoms with van der Waals surface area (Å²) in [6.45, 7) is 2.17. The van der Waals surface area contributed by atoms with E-state index in [1.165, 1.54) is 18.2 Å². The lowest BCUT2D eigenvalue weighted by atomic mass is 9.82. The van der Waals surface area contributed by atoms with E-state index in [0.29, 0.717) is 5.70 Å². The molecule has 0 spiro atoms. The minimum absolute atomic E-state index is 0.00901. The first kappa shape index (κ1) is 19.3. The van der Waals surface area contributed by atoms with E-state index < -0.39 is 17.2 Å². The van der Waals surface area contributed by atoms with Crippen molar-refractivity contribution in [3.05, 3.63) is 64.3 Å². The highest BCUT2D eigenvalue weighted by atomic mass is 35.5. The van der Waals surface area contributed by atoms with Gasteiger partial charge in [-0.2, -0.15) is 0 Å². The van der Waals surface area contributed by atoms with Gasteiger partial charge in [0.1, 0.15) is 17.8 Å². The average Bonchev–Trinajstić information content (AvgIpc) is 3.07. The molecule has 4 N–H and O–H groups in total. The minimum atomic E-state index is -1.37. The molecule has 1 heterocycles. The quantitative estimate of drug-likeness (QED) is 0.732. The number of halogens is 2. The molecule has 1 aliphatic rings. The van der Waals surface area contributed by atoms with Crippen LogP contribution < -0.4 is 11.5 Å². The Morgan fingerprint density at radius 2 is 2.26 bits per heavy atom. The third-order valence-electron chi connectivity index (χ3n) is 4.22. The second-order valence-electron chi connectivity index (χ2n) is 6.31. The van der Waals surface area contributed by atoms with Gasteiger partial charge in [-0.15, -0.1) is 0 Å². The number of carbonyl (C=O) groups is 1. The van der Waals surface area contributed by atoms with Crippen LogP contribution in [0.4, 0.5) is 4.39 Å². The van der Waals surface area contributed by atoms with Gasteiger partial charge in [0.25, 0.3) is 0 Å². The number of rotatable bonds is 6. The molecular weight excluding hydrogens is 373 g/mol. The van der Waals surface area contributed by atoms with Gasteiger partial charge in [-0.05, 0) is 31.2 Å². The average molecular weight is 392 g/mol. The van der Waals surface area contributed by atoms with Crippen LogP contribution >= 0.6 is 11.6 Å². The van der Waals surface area contributed by atoms with Gasteiger partial charge < -0.3 is 20.7 Å². The Kier molecular flexibility index (Phi) is 5.46. The van der Waals surface area contributed by atoms with E-state index in [1.807, 2.05) is 6.92 Å². The van der Waals surface area contributed by atoms with E-state index in [2.05, 4.69) is 5.16 Å². The number of nitrogens with two attached hydrogens (primary N) is 2. The van der Waals surface area contributed by atoms with Gasteiger partial charge in [-0.3, -0.25) is 4.79 Å². The predicted molar refractivity (Wildman–Crippen MR) is 99.6 cm³/mol. The van der Waals surface area contributed by atoms with Gasteiger partial charge in [0.05, 0.1) is 22.8 Å². The Bertz CT molecular complexity index is 918. The molecule has 1 aromatic heterocycles. The predicted octanol–water partition coefficient (Wildman–Crippen LogP) is 3.22. The van der Waals surface area contributed by atoms with Gasteiger partial charge in [0, 0.05) is 18.7 Å². The second kappa shape index (κ2) is 7.64. The molecule has 0 bridgehead atoms. The lowest BCUT2D eigenvalue weighted by Gasteiger charge is -2.32. The lowest BCUT2D eigenvalue weighted by Crippen LogP contribution is -2.44. The summed E-state index contributed by atoms with van der Waals surface area (Å²) in [5.41, 5.74) is 11.5. The molecule has 1 unspecified atom stereocenters. The summed E-state index contributed by atoms with van der Waals surface area (Å²) in [6.07, 6.45) is 4.74. The van der Waals surface area contributed by atoms with Crippen molar-refractivity contribution in [1.29, 1.82) is 0 Å². The number of nitrogens with zero attached hydrogens (tertiary/aromatic N) is 1. The molecule has 0 fully saturated rings. The Hall–Kier alpha value is -2.48. The molecule has 0 aliphatic heterocycles. The zero-order chi connectivity index (χ0) is 19.6. The topological polar surface area (TPSA) is 104 Å². The number of ketones is 1. The van der Waals surface area contributed by atoms with Crippen molar-refractivity contribution in [3.63, 3.8) is 0 Å². The van der Waals surface area contributed by atoms with Crippen molar-refractivity contribution in [3.8, 4) is 11.3 Å².